The van der Waals surface area contributed by atoms with Crippen LogP contribution in [-0.4, -0.2) is 16.0 Å². The lowest BCUT2D eigenvalue weighted by molar-refractivity contribution is 0.248. The van der Waals surface area contributed by atoms with Crippen LogP contribution in [0.1, 0.15) is 16.8 Å². The van der Waals surface area contributed by atoms with Gasteiger partial charge in [0.25, 0.3) is 0 Å². The first kappa shape index (κ1) is 18.7. The molecule has 0 aliphatic heterocycles. The van der Waals surface area contributed by atoms with Crippen molar-refractivity contribution in [2.75, 3.05) is 5.32 Å². The zero-order valence-electron chi connectivity index (χ0n) is 16.4. The number of nitrogens with one attached hydrogen (secondary N) is 4. The predicted octanol–water partition coefficient (Wildman–Crippen LogP) is 4.67. The zero-order valence-corrected chi connectivity index (χ0v) is 16.4. The molecule has 29 heavy (non-hydrogen) atoms. The highest BCUT2D eigenvalue weighted by atomic mass is 16.2. The molecule has 0 saturated carbocycles. The predicted molar refractivity (Wildman–Crippen MR) is 116 cm³/mol. The summed E-state index contributed by atoms with van der Waals surface area (Å²) in [7, 11) is 0. The number of carbonyl (C=O) groups excluding carboxylic acids is 1. The number of benzene rings is 2. The van der Waals surface area contributed by atoms with Gasteiger partial charge in [-0.05, 0) is 43.2 Å². The minimum absolute atomic E-state index is 0.312. The van der Waals surface area contributed by atoms with Gasteiger partial charge in [0, 0.05) is 40.6 Å². The zero-order chi connectivity index (χ0) is 20.2. The number of H-pyrrole nitrogens is 1. The first-order valence-electron chi connectivity index (χ1n) is 9.50. The number of hydrogen-bond donors (Lipinski definition) is 4. The van der Waals surface area contributed by atoms with Crippen LogP contribution in [0.3, 0.4) is 0 Å². The second-order valence-electron chi connectivity index (χ2n) is 6.96. The summed E-state index contributed by atoms with van der Waals surface area (Å²) in [5.41, 5.74) is 12.4. The van der Waals surface area contributed by atoms with Crippen LogP contribution in [0.2, 0.25) is 0 Å². The van der Waals surface area contributed by atoms with Gasteiger partial charge in [-0.3, -0.25) is 10.4 Å². The maximum Gasteiger partial charge on any atom is 0.333 e. The summed E-state index contributed by atoms with van der Waals surface area (Å²) < 4.78 is 0. The Bertz CT molecular complexity index is 1160. The Balaban J connectivity index is 1.48. The SMILES string of the molecule is Cc1ccc(CNNC(=O)Nc2ccccc2C)c(-c2c[nH]c3ccccc23)n1. The number of fused-ring (bicyclic) bond motifs is 1. The van der Waals surface area contributed by atoms with Crippen molar-refractivity contribution in [1.82, 2.24) is 20.8 Å². The number of aromatic nitrogens is 2. The van der Waals surface area contributed by atoms with E-state index in [2.05, 4.69) is 27.2 Å². The summed E-state index contributed by atoms with van der Waals surface area (Å²) in [6.07, 6.45) is 1.98. The Labute approximate surface area is 169 Å². The summed E-state index contributed by atoms with van der Waals surface area (Å²) in [4.78, 5) is 20.2. The molecule has 0 aliphatic rings. The third kappa shape index (κ3) is 4.12. The van der Waals surface area contributed by atoms with Gasteiger partial charge in [-0.2, -0.15) is 0 Å². The number of hydrazine groups is 1. The molecule has 0 unspecified atom stereocenters. The van der Waals surface area contributed by atoms with Crippen LogP contribution in [0.5, 0.6) is 0 Å². The number of nitrogens with zero attached hydrogens (tertiary/aromatic N) is 1. The first-order chi connectivity index (χ1) is 14.1. The molecule has 2 aromatic heterocycles. The highest BCUT2D eigenvalue weighted by molar-refractivity contribution is 5.95. The van der Waals surface area contributed by atoms with E-state index in [1.807, 2.05) is 74.6 Å². The Morgan fingerprint density at radius 1 is 1.00 bits per heavy atom. The highest BCUT2D eigenvalue weighted by Crippen LogP contribution is 2.29. The van der Waals surface area contributed by atoms with E-state index in [4.69, 9.17) is 4.98 Å². The lowest BCUT2D eigenvalue weighted by Gasteiger charge is -2.13. The van der Waals surface area contributed by atoms with Gasteiger partial charge in [-0.1, -0.05) is 42.5 Å². The molecule has 0 spiro atoms. The standard InChI is InChI=1S/C23H23N5O/c1-15-7-3-5-9-20(15)27-23(29)28-25-13-17-12-11-16(2)26-22(17)19-14-24-21-10-6-4-8-18(19)21/h3-12,14,24-25H,13H2,1-2H3,(H2,27,28,29). The van der Waals surface area contributed by atoms with E-state index in [0.29, 0.717) is 6.54 Å². The van der Waals surface area contributed by atoms with E-state index in [9.17, 15) is 4.79 Å². The van der Waals surface area contributed by atoms with Crippen LogP contribution in [0.15, 0.2) is 66.9 Å². The van der Waals surface area contributed by atoms with Crippen molar-refractivity contribution in [3.8, 4) is 11.3 Å². The first-order valence-corrected chi connectivity index (χ1v) is 9.50. The second-order valence-corrected chi connectivity index (χ2v) is 6.96. The molecule has 0 radical (unpaired) electrons. The number of carbonyl (C=O) groups is 1. The maximum absolute atomic E-state index is 12.2. The van der Waals surface area contributed by atoms with Crippen molar-refractivity contribution >= 4 is 22.6 Å². The summed E-state index contributed by atoms with van der Waals surface area (Å²) in [5, 5.41) is 3.96. The topological polar surface area (TPSA) is 81.8 Å². The number of pyridine rings is 1. The fourth-order valence-corrected chi connectivity index (χ4v) is 3.32. The summed E-state index contributed by atoms with van der Waals surface area (Å²) >= 11 is 0. The molecule has 6 nitrogen and oxygen atoms in total. The Morgan fingerprint density at radius 3 is 2.66 bits per heavy atom. The number of aromatic amines is 1. The molecule has 4 N–H and O–H groups in total. The van der Waals surface area contributed by atoms with Gasteiger partial charge in [-0.25, -0.2) is 10.2 Å². The number of anilines is 1. The van der Waals surface area contributed by atoms with Crippen molar-refractivity contribution in [3.05, 3.63) is 83.7 Å². The van der Waals surface area contributed by atoms with E-state index in [1.165, 1.54) is 0 Å². The van der Waals surface area contributed by atoms with E-state index >= 15 is 0 Å². The van der Waals surface area contributed by atoms with Gasteiger partial charge < -0.3 is 10.3 Å². The molecule has 2 amide bonds. The van der Waals surface area contributed by atoms with Crippen molar-refractivity contribution in [1.29, 1.82) is 0 Å². The normalized spacial score (nSPS) is 10.8. The van der Waals surface area contributed by atoms with Crippen molar-refractivity contribution < 1.29 is 4.79 Å². The van der Waals surface area contributed by atoms with Crippen LogP contribution in [0, 0.1) is 13.8 Å². The average molecular weight is 385 g/mol. The third-order valence-electron chi connectivity index (χ3n) is 4.84. The lowest BCUT2D eigenvalue weighted by atomic mass is 10.0. The van der Waals surface area contributed by atoms with Gasteiger partial charge in [0.05, 0.1) is 5.69 Å². The smallest absolute Gasteiger partial charge is 0.333 e. The number of para-hydroxylation sites is 2. The molecular weight excluding hydrogens is 362 g/mol. The minimum Gasteiger partial charge on any atom is -0.360 e. The van der Waals surface area contributed by atoms with Gasteiger partial charge in [0.2, 0.25) is 0 Å². The van der Waals surface area contributed by atoms with Crippen LogP contribution in [0.25, 0.3) is 22.2 Å². The van der Waals surface area contributed by atoms with Crippen molar-refractivity contribution in [2.24, 2.45) is 0 Å². The quantitative estimate of drug-likeness (QED) is 0.377. The monoisotopic (exact) mass is 385 g/mol. The van der Waals surface area contributed by atoms with Crippen LogP contribution >= 0.6 is 0 Å². The molecule has 0 fully saturated rings. The number of amides is 2. The van der Waals surface area contributed by atoms with Gasteiger partial charge in [-0.15, -0.1) is 0 Å². The van der Waals surface area contributed by atoms with Crippen molar-refractivity contribution in [3.63, 3.8) is 0 Å². The Kier molecular flexibility index (Phi) is 5.27. The number of rotatable bonds is 5. The molecule has 2 aromatic carbocycles. The average Bonchev–Trinajstić information content (AvgIpc) is 3.15. The molecule has 146 valence electrons. The number of aryl methyl sites for hydroxylation is 2. The maximum atomic E-state index is 12.2. The summed E-state index contributed by atoms with van der Waals surface area (Å²) in [6.45, 7) is 4.38. The molecule has 2 heterocycles. The molecule has 0 aliphatic carbocycles. The highest BCUT2D eigenvalue weighted by Gasteiger charge is 2.12. The van der Waals surface area contributed by atoms with Gasteiger partial charge >= 0.3 is 6.03 Å². The van der Waals surface area contributed by atoms with Crippen LogP contribution < -0.4 is 16.2 Å². The minimum atomic E-state index is -0.312. The lowest BCUT2D eigenvalue weighted by Crippen LogP contribution is -2.40. The van der Waals surface area contributed by atoms with E-state index in [-0.39, 0.29) is 6.03 Å². The van der Waals surface area contributed by atoms with E-state index in [1.54, 1.807) is 0 Å². The summed E-state index contributed by atoms with van der Waals surface area (Å²) in [5.74, 6) is 0. The molecule has 4 aromatic rings. The molecule has 0 atom stereocenters. The fraction of sp³-hybridized carbons (Fsp3) is 0.130. The molecular formula is C23H23N5O. The molecule has 0 saturated heterocycles. The second kappa shape index (κ2) is 8.16. The molecule has 6 heteroatoms. The van der Waals surface area contributed by atoms with Crippen molar-refractivity contribution in [2.45, 2.75) is 20.4 Å². The van der Waals surface area contributed by atoms with Gasteiger partial charge in [0.1, 0.15) is 0 Å². The number of hydrogen-bond acceptors (Lipinski definition) is 3. The summed E-state index contributed by atoms with van der Waals surface area (Å²) in [6, 6.07) is 19.5. The van der Waals surface area contributed by atoms with Crippen LogP contribution in [0.4, 0.5) is 10.5 Å². The third-order valence-corrected chi connectivity index (χ3v) is 4.84. The molecule has 4 rings (SSSR count). The van der Waals surface area contributed by atoms with E-state index < -0.39 is 0 Å². The largest absolute Gasteiger partial charge is 0.360 e. The van der Waals surface area contributed by atoms with Gasteiger partial charge in [0.15, 0.2) is 0 Å². The number of urea groups is 1. The van der Waals surface area contributed by atoms with E-state index in [0.717, 1.165) is 44.7 Å². The Hall–Kier alpha value is -3.64. The van der Waals surface area contributed by atoms with Crippen LogP contribution in [-0.2, 0) is 6.54 Å². The molecule has 0 bridgehead atoms. The Morgan fingerprint density at radius 2 is 1.79 bits per heavy atom. The fourth-order valence-electron chi connectivity index (χ4n) is 3.32.